The van der Waals surface area contributed by atoms with Crippen LogP contribution in [0.25, 0.3) is 0 Å². The monoisotopic (exact) mass is 280 g/mol. The topological polar surface area (TPSA) is 56.0 Å². The number of carbonyl (C=O) groups is 1. The van der Waals surface area contributed by atoms with E-state index in [1.54, 1.807) is 11.3 Å². The quantitative estimate of drug-likeness (QED) is 0.925. The number of hydrogen-bond donors (Lipinski definition) is 1. The van der Waals surface area contributed by atoms with E-state index >= 15 is 0 Å². The molecule has 19 heavy (non-hydrogen) atoms. The van der Waals surface area contributed by atoms with Crippen molar-refractivity contribution in [3.8, 4) is 0 Å². The summed E-state index contributed by atoms with van der Waals surface area (Å²) >= 11 is 1.61. The Morgan fingerprint density at radius 1 is 1.37 bits per heavy atom. The van der Waals surface area contributed by atoms with Gasteiger partial charge in [-0.15, -0.1) is 11.3 Å². The van der Waals surface area contributed by atoms with E-state index in [0.717, 1.165) is 36.4 Å². The van der Waals surface area contributed by atoms with Gasteiger partial charge in [0.15, 0.2) is 0 Å². The number of rotatable bonds is 3. The van der Waals surface area contributed by atoms with E-state index in [9.17, 15) is 4.79 Å². The smallest absolute Gasteiger partial charge is 0.142 e. The summed E-state index contributed by atoms with van der Waals surface area (Å²) in [7, 11) is 0. The van der Waals surface area contributed by atoms with Crippen LogP contribution in [0, 0.1) is 5.92 Å². The van der Waals surface area contributed by atoms with Crippen molar-refractivity contribution in [1.82, 2.24) is 4.98 Å². The van der Waals surface area contributed by atoms with E-state index in [2.05, 4.69) is 31.1 Å². The molecule has 0 atom stereocenters. The lowest BCUT2D eigenvalue weighted by Crippen LogP contribution is -2.30. The van der Waals surface area contributed by atoms with Gasteiger partial charge in [0.2, 0.25) is 0 Å². The Bertz CT molecular complexity index is 439. The molecule has 0 radical (unpaired) electrons. The minimum absolute atomic E-state index is 0.0649. The Labute approximate surface area is 119 Å². The molecule has 1 aromatic rings. The van der Waals surface area contributed by atoms with Crippen molar-refractivity contribution in [2.75, 3.05) is 0 Å². The normalized spacial score (nSPS) is 24.4. The zero-order valence-electron chi connectivity index (χ0n) is 12.1. The summed E-state index contributed by atoms with van der Waals surface area (Å²) in [6.45, 7) is 6.45. The van der Waals surface area contributed by atoms with Crippen molar-refractivity contribution >= 4 is 17.1 Å². The molecule has 0 saturated heterocycles. The molecule has 3 nitrogen and oxygen atoms in total. The molecule has 1 aromatic heterocycles. The third kappa shape index (κ3) is 3.86. The highest BCUT2D eigenvalue weighted by Gasteiger charge is 2.25. The van der Waals surface area contributed by atoms with Gasteiger partial charge in [-0.2, -0.15) is 0 Å². The van der Waals surface area contributed by atoms with Crippen LogP contribution in [0.1, 0.15) is 57.2 Å². The number of hydrogen-bond acceptors (Lipinski definition) is 4. The maximum absolute atomic E-state index is 12.3. The fourth-order valence-electron chi connectivity index (χ4n) is 2.47. The summed E-state index contributed by atoms with van der Waals surface area (Å²) in [5.74, 6) is 0.559. The van der Waals surface area contributed by atoms with E-state index in [0.29, 0.717) is 18.2 Å². The highest BCUT2D eigenvalue weighted by Crippen LogP contribution is 2.27. The lowest BCUT2D eigenvalue weighted by atomic mass is 9.83. The Hall–Kier alpha value is -0.740. The van der Waals surface area contributed by atoms with E-state index in [4.69, 9.17) is 5.73 Å². The van der Waals surface area contributed by atoms with E-state index in [1.165, 1.54) is 0 Å². The van der Waals surface area contributed by atoms with Crippen LogP contribution in [-0.2, 0) is 16.6 Å². The number of nitrogens with zero attached hydrogens (tertiary/aromatic N) is 1. The Kier molecular flexibility index (Phi) is 4.41. The summed E-state index contributed by atoms with van der Waals surface area (Å²) in [6.07, 6.45) is 4.39. The molecule has 2 N–H and O–H groups in total. The zero-order chi connectivity index (χ0) is 14.0. The molecule has 0 amide bonds. The molecular weight excluding hydrogens is 256 g/mol. The summed E-state index contributed by atoms with van der Waals surface area (Å²) in [4.78, 5) is 16.9. The van der Waals surface area contributed by atoms with Gasteiger partial charge in [-0.25, -0.2) is 4.98 Å². The van der Waals surface area contributed by atoms with Crippen molar-refractivity contribution in [2.45, 2.75) is 64.3 Å². The molecule has 4 heteroatoms. The van der Waals surface area contributed by atoms with Crippen molar-refractivity contribution < 1.29 is 4.79 Å². The van der Waals surface area contributed by atoms with E-state index in [1.807, 2.05) is 0 Å². The first-order valence-corrected chi connectivity index (χ1v) is 7.97. The molecule has 2 rings (SSSR count). The number of nitrogens with two attached hydrogens (primary N) is 1. The highest BCUT2D eigenvalue weighted by atomic mass is 32.1. The molecule has 0 aliphatic heterocycles. The molecule has 0 unspecified atom stereocenters. The first kappa shape index (κ1) is 14.7. The van der Waals surface area contributed by atoms with Crippen LogP contribution in [0.4, 0.5) is 0 Å². The second-order valence-corrected chi connectivity index (χ2v) is 7.57. The Balaban J connectivity index is 1.94. The minimum Gasteiger partial charge on any atom is -0.328 e. The molecule has 0 spiro atoms. The molecule has 1 saturated carbocycles. The van der Waals surface area contributed by atoms with Crippen LogP contribution in [0.15, 0.2) is 5.38 Å². The van der Waals surface area contributed by atoms with Gasteiger partial charge in [0.25, 0.3) is 0 Å². The summed E-state index contributed by atoms with van der Waals surface area (Å²) < 4.78 is 0. The largest absolute Gasteiger partial charge is 0.328 e. The minimum atomic E-state index is 0.0649. The van der Waals surface area contributed by atoms with Crippen LogP contribution < -0.4 is 5.73 Å². The summed E-state index contributed by atoms with van der Waals surface area (Å²) in [6, 6.07) is 0.302. The fourth-order valence-corrected chi connectivity index (χ4v) is 3.50. The number of aromatic nitrogens is 1. The van der Waals surface area contributed by atoms with Crippen molar-refractivity contribution in [2.24, 2.45) is 11.7 Å². The molecule has 1 aliphatic rings. The summed E-state index contributed by atoms with van der Waals surface area (Å²) in [5.41, 5.74) is 7.03. The molecular formula is C15H24N2OS. The second kappa shape index (κ2) is 5.71. The average Bonchev–Trinajstić information content (AvgIpc) is 2.78. The molecule has 1 heterocycles. The average molecular weight is 280 g/mol. The van der Waals surface area contributed by atoms with Crippen LogP contribution in [0.2, 0.25) is 0 Å². The van der Waals surface area contributed by atoms with Gasteiger partial charge in [-0.3, -0.25) is 4.79 Å². The van der Waals surface area contributed by atoms with Gasteiger partial charge in [0.05, 0.1) is 12.1 Å². The molecule has 1 fully saturated rings. The molecule has 106 valence electrons. The second-order valence-electron chi connectivity index (χ2n) is 6.63. The zero-order valence-corrected chi connectivity index (χ0v) is 12.9. The Morgan fingerprint density at radius 3 is 2.53 bits per heavy atom. The maximum Gasteiger partial charge on any atom is 0.142 e. The number of Topliss-reactive ketones (excluding diaryl/α,β-unsaturated/α-hetero) is 1. The van der Waals surface area contributed by atoms with Crippen LogP contribution in [-0.4, -0.2) is 16.8 Å². The van der Waals surface area contributed by atoms with Crippen LogP contribution in [0.5, 0.6) is 0 Å². The van der Waals surface area contributed by atoms with Gasteiger partial charge in [-0.1, -0.05) is 20.8 Å². The molecule has 0 aromatic carbocycles. The van der Waals surface area contributed by atoms with Crippen molar-refractivity contribution in [3.05, 3.63) is 16.1 Å². The highest BCUT2D eigenvalue weighted by molar-refractivity contribution is 7.09. The SMILES string of the molecule is CC(C)(C)c1csc(CC(=O)C2CCC(N)CC2)n1. The third-order valence-corrected chi connectivity index (χ3v) is 4.72. The van der Waals surface area contributed by atoms with Gasteiger partial charge >= 0.3 is 0 Å². The fraction of sp³-hybridized carbons (Fsp3) is 0.733. The van der Waals surface area contributed by atoms with Gasteiger partial charge < -0.3 is 5.73 Å². The lowest BCUT2D eigenvalue weighted by molar-refractivity contribution is -0.123. The van der Waals surface area contributed by atoms with E-state index in [-0.39, 0.29) is 11.3 Å². The van der Waals surface area contributed by atoms with Crippen molar-refractivity contribution in [1.29, 1.82) is 0 Å². The predicted molar refractivity (Wildman–Crippen MR) is 79.5 cm³/mol. The summed E-state index contributed by atoms with van der Waals surface area (Å²) in [5, 5.41) is 3.05. The van der Waals surface area contributed by atoms with E-state index < -0.39 is 0 Å². The van der Waals surface area contributed by atoms with Gasteiger partial charge in [0.1, 0.15) is 10.8 Å². The number of carbonyl (C=O) groups excluding carboxylic acids is 1. The molecule has 0 bridgehead atoms. The first-order chi connectivity index (χ1) is 8.86. The Morgan fingerprint density at radius 2 is 2.00 bits per heavy atom. The van der Waals surface area contributed by atoms with Crippen molar-refractivity contribution in [3.63, 3.8) is 0 Å². The predicted octanol–water partition coefficient (Wildman–Crippen LogP) is 3.07. The number of thiazole rings is 1. The van der Waals surface area contributed by atoms with Crippen LogP contribution >= 0.6 is 11.3 Å². The van der Waals surface area contributed by atoms with Gasteiger partial charge in [-0.05, 0) is 25.7 Å². The van der Waals surface area contributed by atoms with Gasteiger partial charge in [0, 0.05) is 22.8 Å². The third-order valence-electron chi connectivity index (χ3n) is 3.87. The molecule has 1 aliphatic carbocycles. The van der Waals surface area contributed by atoms with Crippen LogP contribution in [0.3, 0.4) is 0 Å². The first-order valence-electron chi connectivity index (χ1n) is 7.09. The standard InChI is InChI=1S/C15H24N2OS/c1-15(2,3)13-9-19-14(17-13)8-12(18)10-4-6-11(16)7-5-10/h9-11H,4-8,16H2,1-3H3. The lowest BCUT2D eigenvalue weighted by Gasteiger charge is -2.24. The maximum atomic E-state index is 12.3. The number of ketones is 1.